The van der Waals surface area contributed by atoms with Gasteiger partial charge in [0.1, 0.15) is 0 Å². The lowest BCUT2D eigenvalue weighted by atomic mass is 10.2. The van der Waals surface area contributed by atoms with E-state index >= 15 is 0 Å². The maximum atomic E-state index is 12.8. The summed E-state index contributed by atoms with van der Waals surface area (Å²) in [5.41, 5.74) is 0. The second-order valence-corrected chi connectivity index (χ2v) is 8.43. The Hall–Kier alpha value is -0.140. The van der Waals surface area contributed by atoms with Crippen molar-refractivity contribution in [3.05, 3.63) is 27.7 Å². The van der Waals surface area contributed by atoms with Crippen molar-refractivity contribution in [2.75, 3.05) is 19.6 Å². The Labute approximate surface area is 140 Å². The molecule has 0 amide bonds. The van der Waals surface area contributed by atoms with Crippen molar-refractivity contribution >= 4 is 37.6 Å². The van der Waals surface area contributed by atoms with Gasteiger partial charge in [0.2, 0.25) is 10.0 Å². The van der Waals surface area contributed by atoms with Crippen LogP contribution in [0, 0.1) is 0 Å². The molecule has 1 aromatic rings. The van der Waals surface area contributed by atoms with Gasteiger partial charge in [-0.3, -0.25) is 0 Å². The minimum Gasteiger partial charge on any atom is -0.313 e. The summed E-state index contributed by atoms with van der Waals surface area (Å²) in [5, 5.41) is 3.86. The molecular formula is C14H20BrClN2O2S. The Morgan fingerprint density at radius 2 is 2.24 bits per heavy atom. The van der Waals surface area contributed by atoms with Crippen LogP contribution in [0.25, 0.3) is 0 Å². The molecule has 1 aliphatic rings. The Bertz CT molecular complexity index is 589. The van der Waals surface area contributed by atoms with Crippen molar-refractivity contribution < 1.29 is 8.42 Å². The second kappa shape index (κ2) is 7.42. The van der Waals surface area contributed by atoms with Gasteiger partial charge in [0.25, 0.3) is 0 Å². The minimum absolute atomic E-state index is 0.252. The number of hydrogen-bond acceptors (Lipinski definition) is 3. The maximum absolute atomic E-state index is 12.8. The lowest BCUT2D eigenvalue weighted by molar-refractivity contribution is 0.369. The van der Waals surface area contributed by atoms with Gasteiger partial charge in [-0.25, -0.2) is 8.42 Å². The Balaban J connectivity index is 2.25. The SMILES string of the molecule is CCCN(CC1CCCN1)S(=O)(=O)c1ccc(Cl)c(Br)c1. The smallest absolute Gasteiger partial charge is 0.243 e. The minimum atomic E-state index is -3.49. The molecule has 1 fully saturated rings. The van der Waals surface area contributed by atoms with E-state index in [1.807, 2.05) is 6.92 Å². The molecule has 7 heteroatoms. The van der Waals surface area contributed by atoms with Crippen molar-refractivity contribution in [2.45, 2.75) is 37.1 Å². The third-order valence-electron chi connectivity index (χ3n) is 3.59. The fraction of sp³-hybridized carbons (Fsp3) is 0.571. The van der Waals surface area contributed by atoms with Crippen LogP contribution in [-0.2, 0) is 10.0 Å². The molecule has 21 heavy (non-hydrogen) atoms. The number of nitrogens with zero attached hydrogens (tertiary/aromatic N) is 1. The first-order valence-corrected chi connectivity index (χ1v) is 9.75. The van der Waals surface area contributed by atoms with Crippen molar-refractivity contribution in [1.82, 2.24) is 9.62 Å². The Morgan fingerprint density at radius 1 is 1.48 bits per heavy atom. The molecule has 4 nitrogen and oxygen atoms in total. The topological polar surface area (TPSA) is 49.4 Å². The average Bonchev–Trinajstić information content (AvgIpc) is 2.94. The average molecular weight is 396 g/mol. The molecule has 1 N–H and O–H groups in total. The lowest BCUT2D eigenvalue weighted by Gasteiger charge is -2.25. The molecule has 0 bridgehead atoms. The van der Waals surface area contributed by atoms with Gasteiger partial charge >= 0.3 is 0 Å². The highest BCUT2D eigenvalue weighted by atomic mass is 79.9. The van der Waals surface area contributed by atoms with E-state index in [1.165, 1.54) is 0 Å². The molecule has 1 unspecified atom stereocenters. The molecule has 1 heterocycles. The normalized spacial score (nSPS) is 19.3. The number of nitrogens with one attached hydrogen (secondary N) is 1. The zero-order valence-corrected chi connectivity index (χ0v) is 15.1. The van der Waals surface area contributed by atoms with Crippen LogP contribution in [0.2, 0.25) is 5.02 Å². The molecule has 1 atom stereocenters. The van der Waals surface area contributed by atoms with Gasteiger partial charge in [0, 0.05) is 23.6 Å². The highest BCUT2D eigenvalue weighted by molar-refractivity contribution is 9.10. The van der Waals surface area contributed by atoms with Gasteiger partial charge in [-0.1, -0.05) is 18.5 Å². The molecular weight excluding hydrogens is 376 g/mol. The van der Waals surface area contributed by atoms with E-state index in [4.69, 9.17) is 11.6 Å². The van der Waals surface area contributed by atoms with E-state index in [0.29, 0.717) is 22.6 Å². The summed E-state index contributed by atoms with van der Waals surface area (Å²) in [6.45, 7) is 4.01. The molecule has 118 valence electrons. The molecule has 1 aromatic carbocycles. The highest BCUT2D eigenvalue weighted by Crippen LogP contribution is 2.27. The van der Waals surface area contributed by atoms with E-state index in [2.05, 4.69) is 21.2 Å². The molecule has 0 radical (unpaired) electrons. The number of halogens is 2. The third-order valence-corrected chi connectivity index (χ3v) is 6.66. The van der Waals surface area contributed by atoms with Crippen LogP contribution in [0.5, 0.6) is 0 Å². The van der Waals surface area contributed by atoms with Crippen LogP contribution >= 0.6 is 27.5 Å². The van der Waals surface area contributed by atoms with Gasteiger partial charge < -0.3 is 5.32 Å². The number of benzene rings is 1. The van der Waals surface area contributed by atoms with Crippen LogP contribution in [0.4, 0.5) is 0 Å². The predicted octanol–water partition coefficient (Wildman–Crippen LogP) is 3.26. The zero-order valence-electron chi connectivity index (χ0n) is 12.0. The van der Waals surface area contributed by atoms with Crippen LogP contribution in [0.1, 0.15) is 26.2 Å². The largest absolute Gasteiger partial charge is 0.313 e. The van der Waals surface area contributed by atoms with Gasteiger partial charge in [0.15, 0.2) is 0 Å². The number of rotatable bonds is 6. The van der Waals surface area contributed by atoms with Crippen LogP contribution in [0.15, 0.2) is 27.6 Å². The molecule has 1 saturated heterocycles. The van der Waals surface area contributed by atoms with Gasteiger partial charge in [-0.2, -0.15) is 4.31 Å². The summed E-state index contributed by atoms with van der Waals surface area (Å²) in [7, 11) is -3.49. The first-order chi connectivity index (χ1) is 9.95. The van der Waals surface area contributed by atoms with Gasteiger partial charge in [-0.15, -0.1) is 0 Å². The molecule has 0 spiro atoms. The number of sulfonamides is 1. The van der Waals surface area contributed by atoms with E-state index < -0.39 is 10.0 Å². The lowest BCUT2D eigenvalue weighted by Crippen LogP contribution is -2.41. The fourth-order valence-electron chi connectivity index (χ4n) is 2.50. The predicted molar refractivity (Wildman–Crippen MR) is 89.2 cm³/mol. The van der Waals surface area contributed by atoms with Crippen LogP contribution < -0.4 is 5.32 Å². The summed E-state index contributed by atoms with van der Waals surface area (Å²) in [5.74, 6) is 0. The summed E-state index contributed by atoms with van der Waals surface area (Å²) in [6.07, 6.45) is 2.93. The molecule has 2 rings (SSSR count). The van der Waals surface area contributed by atoms with E-state index in [9.17, 15) is 8.42 Å². The first-order valence-electron chi connectivity index (χ1n) is 7.13. The molecule has 0 aromatic heterocycles. The molecule has 1 aliphatic heterocycles. The molecule has 0 saturated carbocycles. The first kappa shape index (κ1) is 17.2. The van der Waals surface area contributed by atoms with Crippen molar-refractivity contribution in [2.24, 2.45) is 0 Å². The third kappa shape index (κ3) is 4.20. The standard InChI is InChI=1S/C14H20BrClN2O2S/c1-2-8-18(10-11-4-3-7-17-11)21(19,20)12-5-6-14(16)13(15)9-12/h5-6,9,11,17H,2-4,7-8,10H2,1H3. The van der Waals surface area contributed by atoms with Crippen LogP contribution in [-0.4, -0.2) is 38.4 Å². The Kier molecular flexibility index (Phi) is 6.08. The summed E-state index contributed by atoms with van der Waals surface area (Å²) < 4.78 is 27.8. The summed E-state index contributed by atoms with van der Waals surface area (Å²) >= 11 is 9.23. The summed E-state index contributed by atoms with van der Waals surface area (Å²) in [6, 6.07) is 4.99. The highest BCUT2D eigenvalue weighted by Gasteiger charge is 2.28. The quantitative estimate of drug-likeness (QED) is 0.804. The van der Waals surface area contributed by atoms with Gasteiger partial charge in [-0.05, 0) is 59.9 Å². The zero-order chi connectivity index (χ0) is 15.5. The monoisotopic (exact) mass is 394 g/mol. The van der Waals surface area contributed by atoms with Crippen molar-refractivity contribution in [1.29, 1.82) is 0 Å². The number of hydrogen-bond donors (Lipinski definition) is 1. The second-order valence-electron chi connectivity index (χ2n) is 5.23. The fourth-order valence-corrected chi connectivity index (χ4v) is 4.76. The summed E-state index contributed by atoms with van der Waals surface area (Å²) in [4.78, 5) is 0.283. The van der Waals surface area contributed by atoms with Crippen LogP contribution in [0.3, 0.4) is 0 Å². The Morgan fingerprint density at radius 3 is 2.81 bits per heavy atom. The molecule has 0 aliphatic carbocycles. The van der Waals surface area contributed by atoms with Gasteiger partial charge in [0.05, 0.1) is 9.92 Å². The van der Waals surface area contributed by atoms with E-state index in [0.717, 1.165) is 25.8 Å². The maximum Gasteiger partial charge on any atom is 0.243 e. The van der Waals surface area contributed by atoms with E-state index in [-0.39, 0.29) is 10.9 Å². The van der Waals surface area contributed by atoms with E-state index in [1.54, 1.807) is 22.5 Å². The van der Waals surface area contributed by atoms with Crippen molar-refractivity contribution in [3.8, 4) is 0 Å². The van der Waals surface area contributed by atoms with Crippen molar-refractivity contribution in [3.63, 3.8) is 0 Å².